The first-order chi connectivity index (χ1) is 40.0. The SMILES string of the molecule is CC/C=C\C/C=C\C/C=C\C/C=C\C/C=C\CC(=O)OCC(COC(=O)CCCCCCCCCCCCCCCCCCCCCCCCCCC)OC(=O)CCCCCCCCCC/C=C\C/C=C\C/C=C\CCCCCCC. The average molecular weight is 1130 g/mol. The molecule has 0 rings (SSSR count). The molecule has 466 valence electrons. The number of hydrogen-bond donors (Lipinski definition) is 0. The largest absolute Gasteiger partial charge is 0.462 e. The van der Waals surface area contributed by atoms with E-state index in [4.69, 9.17) is 14.2 Å². The predicted molar refractivity (Wildman–Crippen MR) is 353 cm³/mol. The van der Waals surface area contributed by atoms with Gasteiger partial charge in [0, 0.05) is 12.8 Å². The quantitative estimate of drug-likeness (QED) is 0.0261. The molecule has 0 bridgehead atoms. The third-order valence-electron chi connectivity index (χ3n) is 15.1. The first kappa shape index (κ1) is 77.3. The van der Waals surface area contributed by atoms with Crippen molar-refractivity contribution < 1.29 is 28.6 Å². The average Bonchev–Trinajstić information content (AvgIpc) is 3.47. The van der Waals surface area contributed by atoms with Gasteiger partial charge in [-0.2, -0.15) is 0 Å². The molecule has 0 fully saturated rings. The Hall–Kier alpha value is -3.67. The van der Waals surface area contributed by atoms with Crippen LogP contribution in [0.1, 0.15) is 342 Å². The van der Waals surface area contributed by atoms with E-state index in [1.165, 1.54) is 212 Å². The Morgan fingerprint density at radius 1 is 0.272 bits per heavy atom. The Bertz CT molecular complexity index is 1580. The highest BCUT2D eigenvalue weighted by molar-refractivity contribution is 5.72. The Kier molecular flexibility index (Phi) is 65.7. The summed E-state index contributed by atoms with van der Waals surface area (Å²) in [6.45, 7) is 6.47. The Balaban J connectivity index is 4.37. The lowest BCUT2D eigenvalue weighted by atomic mass is 10.0. The lowest BCUT2D eigenvalue weighted by Gasteiger charge is -2.18. The summed E-state index contributed by atoms with van der Waals surface area (Å²) < 4.78 is 16.9. The number of unbranched alkanes of at least 4 members (excludes halogenated alkanes) is 37. The first-order valence-electron chi connectivity index (χ1n) is 34.7. The van der Waals surface area contributed by atoms with Crippen LogP contribution in [0.5, 0.6) is 0 Å². The van der Waals surface area contributed by atoms with E-state index in [-0.39, 0.29) is 31.6 Å². The van der Waals surface area contributed by atoms with Crippen molar-refractivity contribution in [2.75, 3.05) is 13.2 Å². The molecule has 0 heterocycles. The summed E-state index contributed by atoms with van der Waals surface area (Å²) >= 11 is 0. The lowest BCUT2D eigenvalue weighted by Crippen LogP contribution is -2.30. The fourth-order valence-electron chi connectivity index (χ4n) is 9.94. The lowest BCUT2D eigenvalue weighted by molar-refractivity contribution is -0.166. The van der Waals surface area contributed by atoms with Crippen molar-refractivity contribution in [1.29, 1.82) is 0 Å². The third kappa shape index (κ3) is 67.0. The summed E-state index contributed by atoms with van der Waals surface area (Å²) in [4.78, 5) is 38.3. The van der Waals surface area contributed by atoms with Crippen molar-refractivity contribution >= 4 is 17.9 Å². The maximum absolute atomic E-state index is 12.9. The zero-order valence-corrected chi connectivity index (χ0v) is 53.5. The van der Waals surface area contributed by atoms with E-state index in [1.54, 1.807) is 6.08 Å². The maximum Gasteiger partial charge on any atom is 0.309 e. The van der Waals surface area contributed by atoms with E-state index in [1.807, 2.05) is 6.08 Å². The normalized spacial score (nSPS) is 12.7. The van der Waals surface area contributed by atoms with Gasteiger partial charge in [0.05, 0.1) is 6.42 Å². The molecule has 0 spiro atoms. The van der Waals surface area contributed by atoms with Gasteiger partial charge in [-0.15, -0.1) is 0 Å². The van der Waals surface area contributed by atoms with Gasteiger partial charge in [0.15, 0.2) is 6.10 Å². The van der Waals surface area contributed by atoms with Crippen LogP contribution in [0.15, 0.2) is 97.2 Å². The van der Waals surface area contributed by atoms with Gasteiger partial charge in [0.25, 0.3) is 0 Å². The minimum Gasteiger partial charge on any atom is -0.462 e. The van der Waals surface area contributed by atoms with Crippen molar-refractivity contribution in [3.8, 4) is 0 Å². The number of esters is 3. The first-order valence-corrected chi connectivity index (χ1v) is 34.7. The fraction of sp³-hybridized carbons (Fsp3) is 0.747. The van der Waals surface area contributed by atoms with Crippen molar-refractivity contribution in [2.45, 2.75) is 348 Å². The Morgan fingerprint density at radius 2 is 0.531 bits per heavy atom. The highest BCUT2D eigenvalue weighted by Crippen LogP contribution is 2.18. The van der Waals surface area contributed by atoms with E-state index in [0.717, 1.165) is 89.9 Å². The molecule has 1 atom stereocenters. The second kappa shape index (κ2) is 68.8. The van der Waals surface area contributed by atoms with Gasteiger partial charge in [0.1, 0.15) is 13.2 Å². The fourth-order valence-corrected chi connectivity index (χ4v) is 9.94. The molecule has 0 radical (unpaired) electrons. The van der Waals surface area contributed by atoms with Crippen LogP contribution >= 0.6 is 0 Å². The molecule has 81 heavy (non-hydrogen) atoms. The van der Waals surface area contributed by atoms with Gasteiger partial charge in [-0.1, -0.05) is 336 Å². The topological polar surface area (TPSA) is 78.9 Å². The molecule has 0 saturated carbocycles. The molecule has 0 aliphatic carbocycles. The van der Waals surface area contributed by atoms with Gasteiger partial charge in [0.2, 0.25) is 0 Å². The number of rotatable bonds is 63. The van der Waals surface area contributed by atoms with Gasteiger partial charge in [-0.05, 0) is 83.5 Å². The summed E-state index contributed by atoms with van der Waals surface area (Å²) in [5.74, 6) is -1.04. The molecule has 0 N–H and O–H groups in total. The van der Waals surface area contributed by atoms with E-state index in [2.05, 4.69) is 106 Å². The summed E-state index contributed by atoms with van der Waals surface area (Å²) in [7, 11) is 0. The van der Waals surface area contributed by atoms with Crippen LogP contribution in [0, 0.1) is 0 Å². The Morgan fingerprint density at radius 3 is 0.864 bits per heavy atom. The zero-order chi connectivity index (χ0) is 58.5. The molecule has 6 nitrogen and oxygen atoms in total. The van der Waals surface area contributed by atoms with E-state index >= 15 is 0 Å². The second-order valence-corrected chi connectivity index (χ2v) is 23.1. The third-order valence-corrected chi connectivity index (χ3v) is 15.1. The molecule has 0 aromatic heterocycles. The number of carbonyl (C=O) groups is 3. The standard InChI is InChI=1S/C75H130O6/c1-4-7-10-13-16-19-22-25-28-30-32-34-36-37-39-40-42-44-47-50-53-56-59-62-65-68-74(77)80-71-72(70-79-73(76)67-64-61-58-55-52-49-46-27-24-21-18-15-12-9-6-3)81-75(78)69-66-63-60-57-54-51-48-45-43-41-38-35-33-31-29-26-23-20-17-14-11-8-5-2/h9,12,18,21,23,26-27,31,33,38,41,46,52,55,61,64,72H,4-8,10-11,13-17,19-20,22,24-25,28-30,32,34-37,39-40,42-45,47-51,53-54,56-60,62-63,65-71H2,1-3H3/b12-9-,21-18-,26-23-,33-31-,41-38-,46-27-,55-52-,64-61-. The smallest absolute Gasteiger partial charge is 0.309 e. The minimum absolute atomic E-state index is 0.108. The van der Waals surface area contributed by atoms with Crippen LogP contribution in [-0.4, -0.2) is 37.2 Å². The van der Waals surface area contributed by atoms with E-state index in [9.17, 15) is 14.4 Å². The van der Waals surface area contributed by atoms with Crippen LogP contribution in [0.2, 0.25) is 0 Å². The van der Waals surface area contributed by atoms with Gasteiger partial charge < -0.3 is 14.2 Å². The van der Waals surface area contributed by atoms with E-state index < -0.39 is 12.1 Å². The minimum atomic E-state index is -0.823. The van der Waals surface area contributed by atoms with Crippen LogP contribution in [0.3, 0.4) is 0 Å². The van der Waals surface area contributed by atoms with Crippen LogP contribution in [-0.2, 0) is 28.6 Å². The maximum atomic E-state index is 12.9. The van der Waals surface area contributed by atoms with Crippen LogP contribution < -0.4 is 0 Å². The predicted octanol–water partition coefficient (Wildman–Crippen LogP) is 24.0. The van der Waals surface area contributed by atoms with Crippen molar-refractivity contribution in [1.82, 2.24) is 0 Å². The summed E-state index contributed by atoms with van der Waals surface area (Å²) in [6, 6.07) is 0. The molecule has 6 heteroatoms. The molecule has 0 amide bonds. The zero-order valence-electron chi connectivity index (χ0n) is 53.5. The molecule has 0 aliphatic heterocycles. The summed E-state index contributed by atoms with van der Waals surface area (Å²) in [5.41, 5.74) is 0. The van der Waals surface area contributed by atoms with Crippen molar-refractivity contribution in [3.63, 3.8) is 0 Å². The van der Waals surface area contributed by atoms with Crippen molar-refractivity contribution in [2.24, 2.45) is 0 Å². The van der Waals surface area contributed by atoms with Crippen LogP contribution in [0.4, 0.5) is 0 Å². The summed E-state index contributed by atoms with van der Waals surface area (Å²) in [5, 5.41) is 0. The molecular weight excluding hydrogens is 997 g/mol. The molecule has 0 aromatic rings. The Labute approximate surface area is 502 Å². The molecule has 0 aliphatic rings. The highest BCUT2D eigenvalue weighted by atomic mass is 16.6. The number of allylic oxidation sites excluding steroid dienone is 15. The number of carbonyl (C=O) groups excluding carboxylic acids is 3. The molecule has 0 aromatic carbocycles. The number of ether oxygens (including phenoxy) is 3. The van der Waals surface area contributed by atoms with Gasteiger partial charge >= 0.3 is 17.9 Å². The summed E-state index contributed by atoms with van der Waals surface area (Å²) in [6.07, 6.45) is 93.2. The van der Waals surface area contributed by atoms with Crippen molar-refractivity contribution in [3.05, 3.63) is 97.2 Å². The second-order valence-electron chi connectivity index (χ2n) is 23.1. The molecule has 1 unspecified atom stereocenters. The highest BCUT2D eigenvalue weighted by Gasteiger charge is 2.19. The van der Waals surface area contributed by atoms with Gasteiger partial charge in [-0.25, -0.2) is 0 Å². The monoisotopic (exact) mass is 1130 g/mol. The molecular formula is C75H130O6. The van der Waals surface area contributed by atoms with Gasteiger partial charge in [-0.3, -0.25) is 14.4 Å². The number of hydrogen-bond acceptors (Lipinski definition) is 6. The van der Waals surface area contributed by atoms with Crippen LogP contribution in [0.25, 0.3) is 0 Å². The molecule has 0 saturated heterocycles. The van der Waals surface area contributed by atoms with E-state index in [0.29, 0.717) is 12.8 Å².